The molecule has 2 aromatic rings. The van der Waals surface area contributed by atoms with Gasteiger partial charge in [0, 0.05) is 24.0 Å². The van der Waals surface area contributed by atoms with E-state index in [1.54, 1.807) is 0 Å². The van der Waals surface area contributed by atoms with E-state index in [0.717, 1.165) is 5.52 Å². The molecule has 0 aliphatic carbocycles. The second-order valence-corrected chi connectivity index (χ2v) is 2.38. The lowest BCUT2D eigenvalue weighted by atomic mass is 10.2. The first-order chi connectivity index (χ1) is 4.88. The summed E-state index contributed by atoms with van der Waals surface area (Å²) in [6, 6.07) is 2.01. The largest absolute Gasteiger partial charge is 0.365 e. The molecule has 0 saturated heterocycles. The molecule has 0 saturated carbocycles. The van der Waals surface area contributed by atoms with Crippen LogP contribution in [0.1, 0.15) is 5.56 Å². The van der Waals surface area contributed by atoms with E-state index in [-0.39, 0.29) is 0 Å². The van der Waals surface area contributed by atoms with E-state index in [0.29, 0.717) is 0 Å². The van der Waals surface area contributed by atoms with Crippen molar-refractivity contribution in [2.24, 2.45) is 0 Å². The number of pyridine rings is 1. The monoisotopic (exact) mass is 132 g/mol. The van der Waals surface area contributed by atoms with Gasteiger partial charge in [0.25, 0.3) is 0 Å². The summed E-state index contributed by atoms with van der Waals surface area (Å²) in [7, 11) is 0. The Morgan fingerprint density at radius 2 is 2.30 bits per heavy atom. The molecule has 0 bridgehead atoms. The van der Waals surface area contributed by atoms with E-state index < -0.39 is 0 Å². The second kappa shape index (κ2) is 1.84. The SMILES string of the molecule is Cc1ccnc2c[nH]cc12. The van der Waals surface area contributed by atoms with Gasteiger partial charge in [0.1, 0.15) is 0 Å². The van der Waals surface area contributed by atoms with Crippen molar-refractivity contribution in [1.29, 1.82) is 0 Å². The van der Waals surface area contributed by atoms with Crippen LogP contribution in [0.2, 0.25) is 0 Å². The van der Waals surface area contributed by atoms with Crippen LogP contribution < -0.4 is 0 Å². The summed E-state index contributed by atoms with van der Waals surface area (Å²) in [5.74, 6) is 0. The second-order valence-electron chi connectivity index (χ2n) is 2.38. The molecule has 0 radical (unpaired) electrons. The lowest BCUT2D eigenvalue weighted by molar-refractivity contribution is 1.37. The highest BCUT2D eigenvalue weighted by Gasteiger charge is 1.95. The van der Waals surface area contributed by atoms with Crippen molar-refractivity contribution in [3.8, 4) is 0 Å². The van der Waals surface area contributed by atoms with Crippen molar-refractivity contribution >= 4 is 10.9 Å². The maximum Gasteiger partial charge on any atom is 0.0878 e. The summed E-state index contributed by atoms with van der Waals surface area (Å²) in [4.78, 5) is 7.19. The molecular formula is C8H8N2. The fourth-order valence-corrected chi connectivity index (χ4v) is 1.10. The first-order valence-corrected chi connectivity index (χ1v) is 3.26. The quantitative estimate of drug-likeness (QED) is 0.582. The summed E-state index contributed by atoms with van der Waals surface area (Å²) in [6.07, 6.45) is 5.70. The van der Waals surface area contributed by atoms with Crippen molar-refractivity contribution in [2.45, 2.75) is 6.92 Å². The average molecular weight is 132 g/mol. The Bertz CT molecular complexity index is 349. The number of fused-ring (bicyclic) bond motifs is 1. The van der Waals surface area contributed by atoms with Crippen LogP contribution >= 0.6 is 0 Å². The Hall–Kier alpha value is -1.31. The van der Waals surface area contributed by atoms with Gasteiger partial charge in [0.15, 0.2) is 0 Å². The molecule has 2 nitrogen and oxygen atoms in total. The molecule has 2 rings (SSSR count). The minimum atomic E-state index is 1.04. The van der Waals surface area contributed by atoms with Crippen molar-refractivity contribution in [1.82, 2.24) is 9.97 Å². The van der Waals surface area contributed by atoms with Crippen LogP contribution in [0.15, 0.2) is 24.7 Å². The number of hydrogen-bond donors (Lipinski definition) is 1. The zero-order chi connectivity index (χ0) is 6.97. The predicted octanol–water partition coefficient (Wildman–Crippen LogP) is 1.87. The Labute approximate surface area is 58.9 Å². The normalized spacial score (nSPS) is 10.5. The van der Waals surface area contributed by atoms with Crippen LogP contribution in [-0.4, -0.2) is 9.97 Å². The zero-order valence-electron chi connectivity index (χ0n) is 5.76. The molecule has 0 atom stereocenters. The summed E-state index contributed by atoms with van der Waals surface area (Å²) in [5, 5.41) is 1.21. The van der Waals surface area contributed by atoms with Crippen LogP contribution in [-0.2, 0) is 0 Å². The van der Waals surface area contributed by atoms with Gasteiger partial charge in [-0.1, -0.05) is 0 Å². The van der Waals surface area contributed by atoms with Crippen LogP contribution in [0.3, 0.4) is 0 Å². The maximum atomic E-state index is 4.17. The van der Waals surface area contributed by atoms with Gasteiger partial charge in [0.05, 0.1) is 5.52 Å². The molecule has 50 valence electrons. The van der Waals surface area contributed by atoms with Crippen LogP contribution in [0.25, 0.3) is 10.9 Å². The van der Waals surface area contributed by atoms with Gasteiger partial charge in [0.2, 0.25) is 0 Å². The van der Waals surface area contributed by atoms with Gasteiger partial charge >= 0.3 is 0 Å². The fourth-order valence-electron chi connectivity index (χ4n) is 1.10. The molecule has 0 aliphatic heterocycles. The third-order valence-electron chi connectivity index (χ3n) is 1.69. The standard InChI is InChI=1S/C8H8N2/c1-6-2-3-10-8-5-9-4-7(6)8/h2-5,9H,1H3. The fraction of sp³-hybridized carbons (Fsp3) is 0.125. The van der Waals surface area contributed by atoms with Crippen molar-refractivity contribution < 1.29 is 0 Å². The third-order valence-corrected chi connectivity index (χ3v) is 1.69. The molecule has 10 heavy (non-hydrogen) atoms. The average Bonchev–Trinajstić information content (AvgIpc) is 2.36. The molecule has 0 aliphatic rings. The lowest BCUT2D eigenvalue weighted by Gasteiger charge is -1.90. The van der Waals surface area contributed by atoms with Gasteiger partial charge in [-0.05, 0) is 18.6 Å². The molecule has 0 unspecified atom stereocenters. The van der Waals surface area contributed by atoms with E-state index >= 15 is 0 Å². The van der Waals surface area contributed by atoms with E-state index in [1.165, 1.54) is 10.9 Å². The first kappa shape index (κ1) is 5.47. The number of nitrogens with one attached hydrogen (secondary N) is 1. The molecule has 2 heterocycles. The van der Waals surface area contributed by atoms with Crippen LogP contribution in [0, 0.1) is 6.92 Å². The van der Waals surface area contributed by atoms with E-state index in [9.17, 15) is 0 Å². The van der Waals surface area contributed by atoms with E-state index in [4.69, 9.17) is 0 Å². The Balaban J connectivity index is 2.95. The number of rotatable bonds is 0. The number of aryl methyl sites for hydroxylation is 1. The van der Waals surface area contributed by atoms with E-state index in [1.807, 2.05) is 24.7 Å². The minimum absolute atomic E-state index is 1.04. The van der Waals surface area contributed by atoms with Crippen molar-refractivity contribution in [3.63, 3.8) is 0 Å². The van der Waals surface area contributed by atoms with Gasteiger partial charge in [-0.15, -0.1) is 0 Å². The third kappa shape index (κ3) is 0.620. The molecule has 0 fully saturated rings. The maximum absolute atomic E-state index is 4.17. The van der Waals surface area contributed by atoms with Crippen LogP contribution in [0.5, 0.6) is 0 Å². The molecule has 1 N–H and O–H groups in total. The van der Waals surface area contributed by atoms with Gasteiger partial charge in [-0.3, -0.25) is 4.98 Å². The number of H-pyrrole nitrogens is 1. The smallest absolute Gasteiger partial charge is 0.0878 e. The van der Waals surface area contributed by atoms with Gasteiger partial charge < -0.3 is 4.98 Å². The summed E-state index contributed by atoms with van der Waals surface area (Å²) in [5.41, 5.74) is 2.31. The number of nitrogens with zero attached hydrogens (tertiary/aromatic N) is 1. The Morgan fingerprint density at radius 3 is 3.10 bits per heavy atom. The molecule has 2 aromatic heterocycles. The molecule has 2 heteroatoms. The summed E-state index contributed by atoms with van der Waals surface area (Å²) >= 11 is 0. The highest BCUT2D eigenvalue weighted by atomic mass is 14.7. The molecule has 0 spiro atoms. The van der Waals surface area contributed by atoms with E-state index in [2.05, 4.69) is 16.9 Å². The highest BCUT2D eigenvalue weighted by molar-refractivity contribution is 5.80. The topological polar surface area (TPSA) is 28.7 Å². The van der Waals surface area contributed by atoms with Crippen molar-refractivity contribution in [3.05, 3.63) is 30.2 Å². The van der Waals surface area contributed by atoms with Gasteiger partial charge in [-0.2, -0.15) is 0 Å². The molecule has 0 amide bonds. The number of hydrogen-bond acceptors (Lipinski definition) is 1. The zero-order valence-corrected chi connectivity index (χ0v) is 5.76. The number of aromatic nitrogens is 2. The molecular weight excluding hydrogens is 124 g/mol. The molecule has 0 aromatic carbocycles. The minimum Gasteiger partial charge on any atom is -0.365 e. The van der Waals surface area contributed by atoms with Crippen molar-refractivity contribution in [2.75, 3.05) is 0 Å². The Kier molecular flexibility index (Phi) is 1.01. The number of aromatic amines is 1. The van der Waals surface area contributed by atoms with Gasteiger partial charge in [-0.25, -0.2) is 0 Å². The summed E-state index contributed by atoms with van der Waals surface area (Å²) < 4.78 is 0. The lowest BCUT2D eigenvalue weighted by Crippen LogP contribution is -1.74. The summed E-state index contributed by atoms with van der Waals surface area (Å²) in [6.45, 7) is 2.08. The Morgan fingerprint density at radius 1 is 1.40 bits per heavy atom. The predicted molar refractivity (Wildman–Crippen MR) is 40.8 cm³/mol. The highest BCUT2D eigenvalue weighted by Crippen LogP contribution is 2.13. The van der Waals surface area contributed by atoms with Crippen LogP contribution in [0.4, 0.5) is 0 Å². The first-order valence-electron chi connectivity index (χ1n) is 3.26.